The van der Waals surface area contributed by atoms with Gasteiger partial charge < -0.3 is 20.4 Å². The molecule has 3 heterocycles. The molecule has 1 aliphatic heterocycles. The summed E-state index contributed by atoms with van der Waals surface area (Å²) in [5, 5.41) is 6.75. The van der Waals surface area contributed by atoms with E-state index >= 15 is 0 Å². The minimum Gasteiger partial charge on any atom is -0.357 e. The zero-order chi connectivity index (χ0) is 16.4. The van der Waals surface area contributed by atoms with Crippen LogP contribution in [0.25, 0.3) is 10.9 Å². The number of fused-ring (bicyclic) bond motifs is 1. The number of ether oxygens (including phenoxy) is 1. The second-order valence-corrected chi connectivity index (χ2v) is 5.63. The Morgan fingerprint density at radius 3 is 3.09 bits per heavy atom. The van der Waals surface area contributed by atoms with Gasteiger partial charge in [0.2, 0.25) is 5.91 Å². The molecule has 1 aliphatic rings. The van der Waals surface area contributed by atoms with Crippen LogP contribution in [0.5, 0.6) is 0 Å². The molecule has 3 rings (SSSR count). The van der Waals surface area contributed by atoms with Gasteiger partial charge in [-0.2, -0.15) is 8.78 Å². The average molecular weight is 324 g/mol. The first-order valence-corrected chi connectivity index (χ1v) is 7.43. The predicted octanol–water partition coefficient (Wildman–Crippen LogP) is 1.71. The molecule has 8 heteroatoms. The van der Waals surface area contributed by atoms with E-state index in [2.05, 4.69) is 25.3 Å². The van der Waals surface area contributed by atoms with E-state index in [-0.39, 0.29) is 24.9 Å². The molecule has 0 saturated carbocycles. The number of carbonyl (C=O) groups is 1. The van der Waals surface area contributed by atoms with E-state index in [0.29, 0.717) is 0 Å². The fourth-order valence-corrected chi connectivity index (χ4v) is 2.77. The van der Waals surface area contributed by atoms with E-state index in [0.717, 1.165) is 16.6 Å². The van der Waals surface area contributed by atoms with Crippen LogP contribution >= 0.6 is 0 Å². The molecular formula is C15H18F2N4O2. The summed E-state index contributed by atoms with van der Waals surface area (Å²) >= 11 is 0. The smallest absolute Gasteiger partial charge is 0.345 e. The van der Waals surface area contributed by atoms with Gasteiger partial charge >= 0.3 is 6.61 Å². The zero-order valence-electron chi connectivity index (χ0n) is 12.6. The number of H-pyrrole nitrogens is 1. The molecule has 0 bridgehead atoms. The number of aromatic amines is 1. The molecular weight excluding hydrogens is 306 g/mol. The second-order valence-electron chi connectivity index (χ2n) is 5.63. The van der Waals surface area contributed by atoms with Gasteiger partial charge in [0.25, 0.3) is 0 Å². The minimum atomic E-state index is -2.82. The first kappa shape index (κ1) is 15.8. The van der Waals surface area contributed by atoms with E-state index in [1.54, 1.807) is 12.4 Å². The third kappa shape index (κ3) is 3.65. The normalized spacial score (nSPS) is 22.6. The highest BCUT2D eigenvalue weighted by molar-refractivity contribution is 5.83. The quantitative estimate of drug-likeness (QED) is 0.782. The highest BCUT2D eigenvalue weighted by Crippen LogP contribution is 2.20. The van der Waals surface area contributed by atoms with Crippen molar-refractivity contribution >= 4 is 16.8 Å². The summed E-state index contributed by atoms with van der Waals surface area (Å²) < 4.78 is 28.8. The Balaban J connectivity index is 1.59. The summed E-state index contributed by atoms with van der Waals surface area (Å²) in [6.07, 6.45) is 3.03. The maximum Gasteiger partial charge on any atom is 0.345 e. The van der Waals surface area contributed by atoms with Crippen LogP contribution in [0.2, 0.25) is 0 Å². The molecule has 1 amide bonds. The molecule has 3 N–H and O–H groups in total. The van der Waals surface area contributed by atoms with Gasteiger partial charge in [-0.15, -0.1) is 0 Å². The Morgan fingerprint density at radius 1 is 1.52 bits per heavy atom. The van der Waals surface area contributed by atoms with E-state index in [1.807, 2.05) is 19.1 Å². The second kappa shape index (κ2) is 6.59. The summed E-state index contributed by atoms with van der Waals surface area (Å²) in [6.45, 7) is -0.713. The highest BCUT2D eigenvalue weighted by atomic mass is 19.3. The fraction of sp³-hybridized carbons (Fsp3) is 0.467. The molecule has 0 aromatic carbocycles. The minimum absolute atomic E-state index is 0.227. The number of hydrogen-bond acceptors (Lipinski definition) is 4. The summed E-state index contributed by atoms with van der Waals surface area (Å²) in [4.78, 5) is 19.5. The lowest BCUT2D eigenvalue weighted by Gasteiger charge is -2.16. The Labute approximate surface area is 131 Å². The standard InChI is InChI=1S/C15H18F2N4O2/c1-8(12-4-9-6-18-3-2-11(9)21-12)20-14(22)13-5-10(7-19-13)23-15(16)17/h2-4,6,8,10,13,15,19,21H,5,7H2,1H3,(H,20,22)/t8-,10-,13+/m1/s1. The number of amides is 1. The molecule has 6 nitrogen and oxygen atoms in total. The van der Waals surface area contributed by atoms with Gasteiger partial charge in [0.15, 0.2) is 0 Å². The van der Waals surface area contributed by atoms with Crippen LogP contribution in [0.3, 0.4) is 0 Å². The van der Waals surface area contributed by atoms with Crippen molar-refractivity contribution in [2.75, 3.05) is 6.54 Å². The first-order valence-electron chi connectivity index (χ1n) is 7.43. The monoisotopic (exact) mass is 324 g/mol. The fourth-order valence-electron chi connectivity index (χ4n) is 2.77. The summed E-state index contributed by atoms with van der Waals surface area (Å²) in [6, 6.07) is 3.04. The van der Waals surface area contributed by atoms with Gasteiger partial charge in [0, 0.05) is 35.5 Å². The van der Waals surface area contributed by atoms with Gasteiger partial charge in [0.05, 0.1) is 18.2 Å². The molecule has 2 aromatic rings. The van der Waals surface area contributed by atoms with E-state index < -0.39 is 18.8 Å². The van der Waals surface area contributed by atoms with E-state index in [9.17, 15) is 13.6 Å². The van der Waals surface area contributed by atoms with Gasteiger partial charge in [-0.3, -0.25) is 9.78 Å². The third-order valence-electron chi connectivity index (χ3n) is 3.97. The number of nitrogens with one attached hydrogen (secondary N) is 3. The predicted molar refractivity (Wildman–Crippen MR) is 79.9 cm³/mol. The van der Waals surface area contributed by atoms with Crippen molar-refractivity contribution in [2.24, 2.45) is 0 Å². The molecule has 124 valence electrons. The maximum atomic E-state index is 12.2. The van der Waals surface area contributed by atoms with Crippen LogP contribution in [0, 0.1) is 0 Å². The van der Waals surface area contributed by atoms with Crippen LogP contribution in [0.15, 0.2) is 24.5 Å². The van der Waals surface area contributed by atoms with Gasteiger partial charge in [-0.1, -0.05) is 0 Å². The number of pyridine rings is 1. The molecule has 0 unspecified atom stereocenters. The molecule has 1 saturated heterocycles. The van der Waals surface area contributed by atoms with Crippen LogP contribution in [0.1, 0.15) is 25.1 Å². The molecule has 2 aromatic heterocycles. The Morgan fingerprint density at radius 2 is 2.35 bits per heavy atom. The van der Waals surface area contributed by atoms with Crippen molar-refractivity contribution in [1.82, 2.24) is 20.6 Å². The Hall–Kier alpha value is -2.06. The summed E-state index contributed by atoms with van der Waals surface area (Å²) in [5.74, 6) is -0.227. The van der Waals surface area contributed by atoms with Gasteiger partial charge in [-0.05, 0) is 25.5 Å². The number of hydrogen-bond donors (Lipinski definition) is 3. The molecule has 3 atom stereocenters. The molecule has 1 fully saturated rings. The lowest BCUT2D eigenvalue weighted by atomic mass is 10.1. The van der Waals surface area contributed by atoms with Gasteiger partial charge in [0.1, 0.15) is 0 Å². The van der Waals surface area contributed by atoms with E-state index in [4.69, 9.17) is 0 Å². The lowest BCUT2D eigenvalue weighted by molar-refractivity contribution is -0.157. The average Bonchev–Trinajstić information content (AvgIpc) is 3.12. The van der Waals surface area contributed by atoms with Crippen LogP contribution in [-0.4, -0.2) is 41.2 Å². The molecule has 0 radical (unpaired) electrons. The number of aromatic nitrogens is 2. The van der Waals surface area contributed by atoms with Crippen molar-refractivity contribution in [1.29, 1.82) is 0 Å². The van der Waals surface area contributed by atoms with E-state index in [1.165, 1.54) is 0 Å². The number of alkyl halides is 2. The molecule has 0 spiro atoms. The Kier molecular flexibility index (Phi) is 4.53. The van der Waals surface area contributed by atoms with Crippen molar-refractivity contribution in [3.8, 4) is 0 Å². The van der Waals surface area contributed by atoms with Crippen LogP contribution < -0.4 is 10.6 Å². The van der Waals surface area contributed by atoms with Crippen molar-refractivity contribution < 1.29 is 18.3 Å². The first-order chi connectivity index (χ1) is 11.0. The Bertz CT molecular complexity index is 658. The van der Waals surface area contributed by atoms with Crippen LogP contribution in [0.4, 0.5) is 8.78 Å². The number of rotatable bonds is 5. The lowest BCUT2D eigenvalue weighted by Crippen LogP contribution is -2.41. The van der Waals surface area contributed by atoms with Gasteiger partial charge in [-0.25, -0.2) is 0 Å². The summed E-state index contributed by atoms with van der Waals surface area (Å²) in [7, 11) is 0. The van der Waals surface area contributed by atoms with Crippen molar-refractivity contribution in [3.05, 3.63) is 30.2 Å². The van der Waals surface area contributed by atoms with Crippen molar-refractivity contribution in [2.45, 2.75) is 38.1 Å². The van der Waals surface area contributed by atoms with Crippen LogP contribution in [-0.2, 0) is 9.53 Å². The summed E-state index contributed by atoms with van der Waals surface area (Å²) in [5.41, 5.74) is 1.81. The number of nitrogens with zero attached hydrogens (tertiary/aromatic N) is 1. The topological polar surface area (TPSA) is 79.0 Å². The maximum absolute atomic E-state index is 12.2. The zero-order valence-corrected chi connectivity index (χ0v) is 12.6. The molecule has 23 heavy (non-hydrogen) atoms. The molecule has 0 aliphatic carbocycles. The highest BCUT2D eigenvalue weighted by Gasteiger charge is 2.32. The van der Waals surface area contributed by atoms with Crippen molar-refractivity contribution in [3.63, 3.8) is 0 Å². The largest absolute Gasteiger partial charge is 0.357 e. The third-order valence-corrected chi connectivity index (χ3v) is 3.97. The number of halogens is 2. The SMILES string of the molecule is C[C@@H](NC(=O)[C@@H]1C[C@@H](OC(F)F)CN1)c1cc2cnccc2[nH]1. The number of carbonyl (C=O) groups excluding carboxylic acids is 1.